The number of para-hydroxylation sites is 1. The van der Waals surface area contributed by atoms with Gasteiger partial charge in [-0.15, -0.1) is 0 Å². The molecule has 0 spiro atoms. The van der Waals surface area contributed by atoms with Crippen molar-refractivity contribution in [1.82, 2.24) is 9.78 Å². The van der Waals surface area contributed by atoms with E-state index >= 15 is 0 Å². The van der Waals surface area contributed by atoms with Gasteiger partial charge in [-0.25, -0.2) is 9.48 Å². The van der Waals surface area contributed by atoms with E-state index < -0.39 is 5.97 Å². The molecule has 0 aliphatic heterocycles. The number of aliphatic imine (C=N–C) groups is 1. The molecule has 166 valence electrons. The Morgan fingerprint density at radius 2 is 1.58 bits per heavy atom. The molecule has 0 fully saturated rings. The van der Waals surface area contributed by atoms with Gasteiger partial charge in [0.05, 0.1) is 48.1 Å². The monoisotopic (exact) mass is 441 g/mol. The average Bonchev–Trinajstić information content (AvgIpc) is 3.21. The highest BCUT2D eigenvalue weighted by Crippen LogP contribution is 2.25. The summed E-state index contributed by atoms with van der Waals surface area (Å²) in [6.07, 6.45) is 0. The number of benzene rings is 3. The van der Waals surface area contributed by atoms with Crippen LogP contribution in [-0.4, -0.2) is 35.7 Å². The standard InChI is InChI=1S/C26H23N3O4/c1-17(27-20-13-9-19(10-14-20)26(31)33-3)23-24(18-11-15-22(32-2)16-12-18)28-29(25(23)30)21-7-5-4-6-8-21/h4-16,28H,1-3H3. The van der Waals surface area contributed by atoms with Gasteiger partial charge in [-0.05, 0) is 67.6 Å². The molecular formula is C26H23N3O4. The second-order valence-electron chi connectivity index (χ2n) is 7.30. The Morgan fingerprint density at radius 1 is 0.909 bits per heavy atom. The van der Waals surface area contributed by atoms with E-state index in [1.54, 1.807) is 38.3 Å². The molecule has 0 aliphatic rings. The number of carbonyl (C=O) groups excluding carboxylic acids is 1. The first-order valence-corrected chi connectivity index (χ1v) is 10.3. The normalized spacial score (nSPS) is 11.3. The fourth-order valence-corrected chi connectivity index (χ4v) is 3.54. The summed E-state index contributed by atoms with van der Waals surface area (Å²) in [6.45, 7) is 1.79. The second kappa shape index (κ2) is 9.40. The molecule has 1 aromatic heterocycles. The topological polar surface area (TPSA) is 85.7 Å². The minimum absolute atomic E-state index is 0.209. The largest absolute Gasteiger partial charge is 0.497 e. The number of nitrogens with zero attached hydrogens (tertiary/aromatic N) is 2. The van der Waals surface area contributed by atoms with E-state index in [0.717, 1.165) is 17.0 Å². The Hall–Kier alpha value is -4.39. The number of carbonyl (C=O) groups is 1. The van der Waals surface area contributed by atoms with Gasteiger partial charge in [-0.2, -0.15) is 0 Å². The van der Waals surface area contributed by atoms with Crippen molar-refractivity contribution in [3.8, 4) is 22.7 Å². The van der Waals surface area contributed by atoms with Gasteiger partial charge in [0.1, 0.15) is 5.75 Å². The zero-order chi connectivity index (χ0) is 23.4. The molecule has 3 aromatic carbocycles. The van der Waals surface area contributed by atoms with E-state index in [9.17, 15) is 9.59 Å². The van der Waals surface area contributed by atoms with Gasteiger partial charge in [0.2, 0.25) is 0 Å². The van der Waals surface area contributed by atoms with Crippen LogP contribution in [0.1, 0.15) is 22.8 Å². The maximum atomic E-state index is 13.5. The molecule has 4 rings (SSSR count). The van der Waals surface area contributed by atoms with Crippen LogP contribution in [0.15, 0.2) is 88.6 Å². The Bertz CT molecular complexity index is 1350. The van der Waals surface area contributed by atoms with Crippen LogP contribution in [0, 0.1) is 0 Å². The van der Waals surface area contributed by atoms with Gasteiger partial charge < -0.3 is 9.47 Å². The summed E-state index contributed by atoms with van der Waals surface area (Å²) in [7, 11) is 2.94. The highest BCUT2D eigenvalue weighted by atomic mass is 16.5. The third-order valence-electron chi connectivity index (χ3n) is 5.23. The number of H-pyrrole nitrogens is 1. The van der Waals surface area contributed by atoms with Crippen LogP contribution < -0.4 is 10.3 Å². The predicted molar refractivity (Wildman–Crippen MR) is 128 cm³/mol. The Morgan fingerprint density at radius 3 is 2.18 bits per heavy atom. The highest BCUT2D eigenvalue weighted by Gasteiger charge is 2.19. The summed E-state index contributed by atoms with van der Waals surface area (Å²) >= 11 is 0. The van der Waals surface area contributed by atoms with E-state index in [0.29, 0.717) is 28.2 Å². The minimum atomic E-state index is -0.416. The molecule has 0 radical (unpaired) electrons. The van der Waals surface area contributed by atoms with E-state index in [2.05, 4.69) is 10.1 Å². The number of aromatic amines is 1. The summed E-state index contributed by atoms with van der Waals surface area (Å²) in [5, 5.41) is 3.24. The molecule has 0 amide bonds. The smallest absolute Gasteiger partial charge is 0.337 e. The zero-order valence-electron chi connectivity index (χ0n) is 18.5. The van der Waals surface area contributed by atoms with Gasteiger partial charge in [0, 0.05) is 5.56 Å². The number of methoxy groups -OCH3 is 2. The van der Waals surface area contributed by atoms with Crippen molar-refractivity contribution in [2.45, 2.75) is 6.92 Å². The predicted octanol–water partition coefficient (Wildman–Crippen LogP) is 4.77. The molecule has 1 N–H and O–H groups in total. The van der Waals surface area contributed by atoms with Crippen molar-refractivity contribution in [2.75, 3.05) is 14.2 Å². The van der Waals surface area contributed by atoms with E-state index in [-0.39, 0.29) is 5.56 Å². The van der Waals surface area contributed by atoms with Crippen molar-refractivity contribution in [2.24, 2.45) is 4.99 Å². The van der Waals surface area contributed by atoms with Crippen LogP contribution >= 0.6 is 0 Å². The summed E-state index contributed by atoms with van der Waals surface area (Å²) < 4.78 is 11.5. The number of aromatic nitrogens is 2. The van der Waals surface area contributed by atoms with E-state index in [1.165, 1.54) is 11.8 Å². The van der Waals surface area contributed by atoms with Crippen LogP contribution in [0.2, 0.25) is 0 Å². The first kappa shape index (κ1) is 21.8. The lowest BCUT2D eigenvalue weighted by Gasteiger charge is -2.05. The fourth-order valence-electron chi connectivity index (χ4n) is 3.54. The van der Waals surface area contributed by atoms with Gasteiger partial charge in [-0.1, -0.05) is 18.2 Å². The number of hydrogen-bond acceptors (Lipinski definition) is 5. The Labute approximate surface area is 190 Å². The first-order valence-electron chi connectivity index (χ1n) is 10.3. The molecule has 0 atom stereocenters. The number of rotatable bonds is 6. The van der Waals surface area contributed by atoms with Crippen LogP contribution in [0.5, 0.6) is 5.75 Å². The van der Waals surface area contributed by atoms with Crippen LogP contribution in [0.4, 0.5) is 5.69 Å². The Balaban J connectivity index is 1.83. The molecular weight excluding hydrogens is 418 g/mol. The van der Waals surface area contributed by atoms with Crippen LogP contribution in [0.3, 0.4) is 0 Å². The van der Waals surface area contributed by atoms with Crippen molar-refractivity contribution < 1.29 is 14.3 Å². The summed E-state index contributed by atoms with van der Waals surface area (Å²) in [5.41, 5.74) is 4.04. The van der Waals surface area contributed by atoms with Crippen molar-refractivity contribution in [3.05, 3.63) is 100 Å². The minimum Gasteiger partial charge on any atom is -0.497 e. The van der Waals surface area contributed by atoms with Gasteiger partial charge in [-0.3, -0.25) is 14.9 Å². The maximum absolute atomic E-state index is 13.5. The summed E-state index contributed by atoms with van der Waals surface area (Å²) in [6, 6.07) is 23.5. The van der Waals surface area contributed by atoms with Gasteiger partial charge in [0.25, 0.3) is 5.56 Å². The number of ether oxygens (including phenoxy) is 2. The molecule has 0 saturated heterocycles. The quantitative estimate of drug-likeness (QED) is 0.345. The Kier molecular flexibility index (Phi) is 6.22. The number of nitrogens with one attached hydrogen (secondary N) is 1. The lowest BCUT2D eigenvalue weighted by Crippen LogP contribution is -2.19. The second-order valence-corrected chi connectivity index (χ2v) is 7.30. The third-order valence-corrected chi connectivity index (χ3v) is 5.23. The van der Waals surface area contributed by atoms with Gasteiger partial charge in [0.15, 0.2) is 0 Å². The zero-order valence-corrected chi connectivity index (χ0v) is 18.5. The first-order chi connectivity index (χ1) is 16.0. The highest BCUT2D eigenvalue weighted by molar-refractivity contribution is 6.05. The van der Waals surface area contributed by atoms with Crippen molar-refractivity contribution in [3.63, 3.8) is 0 Å². The molecule has 7 nitrogen and oxygen atoms in total. The molecule has 7 heteroatoms. The maximum Gasteiger partial charge on any atom is 0.337 e. The summed E-state index contributed by atoms with van der Waals surface area (Å²) in [4.78, 5) is 29.8. The number of hydrogen-bond donors (Lipinski definition) is 1. The van der Waals surface area contributed by atoms with Crippen LogP contribution in [0.25, 0.3) is 16.9 Å². The number of esters is 1. The van der Waals surface area contributed by atoms with Crippen LogP contribution in [-0.2, 0) is 4.74 Å². The average molecular weight is 441 g/mol. The third kappa shape index (κ3) is 4.48. The summed E-state index contributed by atoms with van der Waals surface area (Å²) in [5.74, 6) is 0.307. The molecule has 33 heavy (non-hydrogen) atoms. The molecule has 0 bridgehead atoms. The molecule has 1 heterocycles. The van der Waals surface area contributed by atoms with E-state index in [4.69, 9.17) is 9.47 Å². The van der Waals surface area contributed by atoms with Crippen molar-refractivity contribution in [1.29, 1.82) is 0 Å². The fraction of sp³-hybridized carbons (Fsp3) is 0.115. The van der Waals surface area contributed by atoms with Gasteiger partial charge >= 0.3 is 5.97 Å². The lowest BCUT2D eigenvalue weighted by atomic mass is 10.0. The molecule has 0 saturated carbocycles. The molecule has 0 unspecified atom stereocenters. The SMILES string of the molecule is COC(=O)c1ccc(N=C(C)c2c(-c3ccc(OC)cc3)[nH]n(-c3ccccc3)c2=O)cc1. The molecule has 4 aromatic rings. The van der Waals surface area contributed by atoms with Crippen molar-refractivity contribution >= 4 is 17.4 Å². The lowest BCUT2D eigenvalue weighted by molar-refractivity contribution is 0.0601. The molecule has 0 aliphatic carbocycles. The van der Waals surface area contributed by atoms with E-state index in [1.807, 2.05) is 54.6 Å².